The fourth-order valence-corrected chi connectivity index (χ4v) is 1.33. The Balaban J connectivity index is 0.00000106. The summed E-state index contributed by atoms with van der Waals surface area (Å²) in [5.41, 5.74) is 2.32. The molecule has 0 radical (unpaired) electrons. The summed E-state index contributed by atoms with van der Waals surface area (Å²) in [7, 11) is 1.65. The summed E-state index contributed by atoms with van der Waals surface area (Å²) in [6.07, 6.45) is 1.61. The Hall–Kier alpha value is -1.77. The summed E-state index contributed by atoms with van der Waals surface area (Å²) in [6.45, 7) is 13.3. The minimum atomic E-state index is -0.176. The molecule has 0 atom stereocenters. The van der Waals surface area contributed by atoms with Crippen LogP contribution >= 0.6 is 0 Å². The van der Waals surface area contributed by atoms with Crippen LogP contribution in [0.25, 0.3) is 11.6 Å². The van der Waals surface area contributed by atoms with Crippen molar-refractivity contribution in [2.75, 3.05) is 0 Å². The number of pyridine rings is 1. The smallest absolute Gasteiger partial charge is 0.409 e. The number of aromatic hydroxyl groups is 2. The molecule has 0 saturated carbocycles. The van der Waals surface area contributed by atoms with Gasteiger partial charge < -0.3 is 10.2 Å². The van der Waals surface area contributed by atoms with Gasteiger partial charge in [-0.15, -0.1) is 0 Å². The highest BCUT2D eigenvalue weighted by Crippen LogP contribution is 2.26. The summed E-state index contributed by atoms with van der Waals surface area (Å²) in [5, 5.41) is 18.9. The highest BCUT2D eigenvalue weighted by Gasteiger charge is 2.20. The zero-order valence-electron chi connectivity index (χ0n) is 10.4. The van der Waals surface area contributed by atoms with Crippen molar-refractivity contribution in [3.05, 3.63) is 30.5 Å². The van der Waals surface area contributed by atoms with E-state index in [2.05, 4.69) is 13.2 Å². The topological polar surface area (TPSA) is 44.3 Å². The van der Waals surface area contributed by atoms with Gasteiger partial charge in [-0.2, -0.15) is 4.57 Å². The van der Waals surface area contributed by atoms with Crippen LogP contribution in [-0.4, -0.2) is 10.2 Å². The molecule has 0 aromatic carbocycles. The van der Waals surface area contributed by atoms with Gasteiger partial charge in [0.2, 0.25) is 11.4 Å². The monoisotopic (exact) mass is 222 g/mol. The highest BCUT2D eigenvalue weighted by atomic mass is 16.3. The van der Waals surface area contributed by atoms with Gasteiger partial charge in [0.05, 0.1) is 5.56 Å². The van der Waals surface area contributed by atoms with Gasteiger partial charge in [-0.25, -0.2) is 0 Å². The molecule has 0 aliphatic carbocycles. The second-order valence-electron chi connectivity index (χ2n) is 3.20. The molecule has 3 heteroatoms. The van der Waals surface area contributed by atoms with Gasteiger partial charge in [-0.05, 0) is 12.5 Å². The largest absolute Gasteiger partial charge is 0.500 e. The van der Waals surface area contributed by atoms with Gasteiger partial charge in [0.15, 0.2) is 0 Å². The third kappa shape index (κ3) is 2.63. The van der Waals surface area contributed by atoms with Crippen molar-refractivity contribution in [2.24, 2.45) is 7.05 Å². The molecule has 0 bridgehead atoms. The van der Waals surface area contributed by atoms with E-state index < -0.39 is 0 Å². The lowest BCUT2D eigenvalue weighted by molar-refractivity contribution is -0.679. The molecule has 0 aliphatic heterocycles. The summed E-state index contributed by atoms with van der Waals surface area (Å²) in [5.74, 6) is -0.332. The van der Waals surface area contributed by atoms with Crippen LogP contribution in [0, 0.1) is 0 Å². The van der Waals surface area contributed by atoms with E-state index in [1.54, 1.807) is 13.1 Å². The van der Waals surface area contributed by atoms with Gasteiger partial charge in [-0.1, -0.05) is 27.0 Å². The fraction of sp³-hybridized carbons (Fsp3) is 0.308. The van der Waals surface area contributed by atoms with Gasteiger partial charge >= 0.3 is 5.88 Å². The van der Waals surface area contributed by atoms with Gasteiger partial charge in [0.25, 0.3) is 0 Å². The van der Waals surface area contributed by atoms with Gasteiger partial charge in [0.1, 0.15) is 7.05 Å². The first-order valence-electron chi connectivity index (χ1n) is 5.22. The SMILES string of the molecule is C=Cc1c(C(=C)C)cc(O)c(O)[n+]1C.CC. The number of aromatic nitrogens is 1. The maximum atomic E-state index is 9.46. The molecular formula is C13H20NO2+. The molecule has 0 spiro atoms. The van der Waals surface area contributed by atoms with E-state index in [0.29, 0.717) is 0 Å². The zero-order chi connectivity index (χ0) is 12.9. The average Bonchev–Trinajstić information content (AvgIpc) is 2.28. The number of hydrogen-bond acceptors (Lipinski definition) is 2. The molecule has 0 fully saturated rings. The molecule has 1 aromatic heterocycles. The van der Waals surface area contributed by atoms with Crippen LogP contribution in [0.2, 0.25) is 0 Å². The standard InChI is InChI=1S/C11H13NO2.C2H6/c1-5-9-8(7(2)3)6-10(13)11(14)12(9)4;1-2/h5-6,13H,1-2H2,3-4H3;1-2H3/p+1. The lowest BCUT2D eigenvalue weighted by Gasteiger charge is -2.05. The predicted octanol–water partition coefficient (Wildman–Crippen LogP) is 2.62. The maximum Gasteiger partial charge on any atom is 0.409 e. The first-order valence-corrected chi connectivity index (χ1v) is 5.22. The van der Waals surface area contributed by atoms with Crippen molar-refractivity contribution in [3.8, 4) is 11.6 Å². The fourth-order valence-electron chi connectivity index (χ4n) is 1.33. The Labute approximate surface area is 97.0 Å². The minimum absolute atomic E-state index is 0.156. The second-order valence-corrected chi connectivity index (χ2v) is 3.20. The van der Waals surface area contributed by atoms with Crippen LogP contribution < -0.4 is 4.57 Å². The Morgan fingerprint density at radius 3 is 2.25 bits per heavy atom. The first kappa shape index (κ1) is 14.2. The molecule has 3 nitrogen and oxygen atoms in total. The van der Waals surface area contributed by atoms with E-state index >= 15 is 0 Å². The lowest BCUT2D eigenvalue weighted by atomic mass is 10.1. The number of nitrogens with zero attached hydrogens (tertiary/aromatic N) is 1. The Bertz CT molecular complexity index is 409. The van der Waals surface area contributed by atoms with Crippen LogP contribution in [-0.2, 0) is 7.05 Å². The Morgan fingerprint density at radius 1 is 1.38 bits per heavy atom. The summed E-state index contributed by atoms with van der Waals surface area (Å²) >= 11 is 0. The van der Waals surface area contributed by atoms with E-state index in [-0.39, 0.29) is 11.6 Å². The number of hydrogen-bond donors (Lipinski definition) is 2. The first-order chi connectivity index (χ1) is 7.49. The molecule has 0 unspecified atom stereocenters. The normalized spacial score (nSPS) is 9.00. The second kappa shape index (κ2) is 5.95. The molecule has 0 amide bonds. The van der Waals surface area contributed by atoms with Crippen molar-refractivity contribution >= 4 is 11.6 Å². The van der Waals surface area contributed by atoms with Gasteiger partial charge in [0, 0.05) is 12.1 Å². The summed E-state index contributed by atoms with van der Waals surface area (Å²) in [4.78, 5) is 0. The molecule has 0 aliphatic rings. The van der Waals surface area contributed by atoms with E-state index in [9.17, 15) is 10.2 Å². The number of allylic oxidation sites excluding steroid dienone is 1. The maximum absolute atomic E-state index is 9.46. The molecule has 1 rings (SSSR count). The van der Waals surface area contributed by atoms with Crippen LogP contribution in [0.1, 0.15) is 32.0 Å². The molecule has 2 N–H and O–H groups in total. The molecular weight excluding hydrogens is 202 g/mol. The van der Waals surface area contributed by atoms with E-state index in [4.69, 9.17) is 0 Å². The molecule has 1 heterocycles. The van der Waals surface area contributed by atoms with Crippen molar-refractivity contribution in [1.82, 2.24) is 0 Å². The highest BCUT2D eigenvalue weighted by molar-refractivity contribution is 5.69. The van der Waals surface area contributed by atoms with Crippen LogP contribution in [0.5, 0.6) is 11.6 Å². The van der Waals surface area contributed by atoms with E-state index in [0.717, 1.165) is 16.8 Å². The van der Waals surface area contributed by atoms with Gasteiger partial charge in [-0.3, -0.25) is 0 Å². The zero-order valence-corrected chi connectivity index (χ0v) is 10.4. The third-order valence-corrected chi connectivity index (χ3v) is 2.12. The Kier molecular flexibility index (Phi) is 5.30. The van der Waals surface area contributed by atoms with E-state index in [1.807, 2.05) is 20.8 Å². The quantitative estimate of drug-likeness (QED) is 0.755. The van der Waals surface area contributed by atoms with Crippen LogP contribution in [0.3, 0.4) is 0 Å². The minimum Gasteiger partial charge on any atom is -0.500 e. The molecule has 0 saturated heterocycles. The molecule has 88 valence electrons. The van der Waals surface area contributed by atoms with Crippen molar-refractivity contribution < 1.29 is 14.8 Å². The van der Waals surface area contributed by atoms with Crippen molar-refractivity contribution in [1.29, 1.82) is 0 Å². The van der Waals surface area contributed by atoms with Crippen LogP contribution in [0.15, 0.2) is 19.2 Å². The third-order valence-electron chi connectivity index (χ3n) is 2.12. The predicted molar refractivity (Wildman–Crippen MR) is 67.1 cm³/mol. The van der Waals surface area contributed by atoms with E-state index in [1.165, 1.54) is 10.6 Å². The molecule has 16 heavy (non-hydrogen) atoms. The summed E-state index contributed by atoms with van der Waals surface area (Å²) in [6, 6.07) is 1.48. The number of rotatable bonds is 2. The van der Waals surface area contributed by atoms with Crippen molar-refractivity contribution in [2.45, 2.75) is 20.8 Å². The van der Waals surface area contributed by atoms with Crippen molar-refractivity contribution in [3.63, 3.8) is 0 Å². The lowest BCUT2D eigenvalue weighted by Crippen LogP contribution is -2.33. The molecule has 1 aromatic rings. The van der Waals surface area contributed by atoms with Crippen LogP contribution in [0.4, 0.5) is 0 Å². The average molecular weight is 222 g/mol. The summed E-state index contributed by atoms with van der Waals surface area (Å²) < 4.78 is 1.46. The Morgan fingerprint density at radius 2 is 1.88 bits per heavy atom.